The number of hydrogen-bond donors (Lipinski definition) is 2. The van der Waals surface area contributed by atoms with Crippen molar-refractivity contribution in [1.29, 1.82) is 0 Å². The molecule has 0 radical (unpaired) electrons. The Balaban J connectivity index is 2.84. The number of aryl methyl sites for hydroxylation is 1. The molecule has 0 unspecified atom stereocenters. The molecule has 1 aromatic rings. The number of nitrogens with zero attached hydrogens (tertiary/aromatic N) is 2. The third-order valence-electron chi connectivity index (χ3n) is 1.25. The van der Waals surface area contributed by atoms with Gasteiger partial charge in [-0.05, 0) is 12.5 Å². The topological polar surface area (TPSA) is 92.5 Å². The molecule has 72 valence electrons. The Kier molecular flexibility index (Phi) is 2.98. The molecule has 2 N–H and O–H groups in total. The maximum atomic E-state index is 10.4. The van der Waals surface area contributed by atoms with Gasteiger partial charge >= 0.3 is 13.8 Å². The Morgan fingerprint density at radius 1 is 1.62 bits per heavy atom. The molecule has 0 aliphatic rings. The fourth-order valence-electron chi connectivity index (χ4n) is 0.723. The van der Waals surface area contributed by atoms with E-state index >= 15 is 0 Å². The van der Waals surface area contributed by atoms with Crippen molar-refractivity contribution in [3.8, 4) is 6.01 Å². The number of phosphoric acid groups is 1. The zero-order valence-electron chi connectivity index (χ0n) is 6.91. The zero-order chi connectivity index (χ0) is 9.90. The lowest BCUT2D eigenvalue weighted by Crippen LogP contribution is -1.97. The van der Waals surface area contributed by atoms with Gasteiger partial charge in [0.25, 0.3) is 0 Å². The van der Waals surface area contributed by atoms with Crippen LogP contribution in [-0.2, 0) is 11.0 Å². The summed E-state index contributed by atoms with van der Waals surface area (Å²) in [5.74, 6) is 0. The predicted molar refractivity (Wildman–Crippen MR) is 44.1 cm³/mol. The van der Waals surface area contributed by atoms with E-state index in [0.29, 0.717) is 12.1 Å². The van der Waals surface area contributed by atoms with E-state index in [0.717, 1.165) is 0 Å². The van der Waals surface area contributed by atoms with Gasteiger partial charge < -0.3 is 4.52 Å². The lowest BCUT2D eigenvalue weighted by Gasteiger charge is -2.04. The average molecular weight is 204 g/mol. The SMILES string of the molecule is CCc1ccnc(OP(=O)(O)O)n1. The molecular formula is C6H9N2O4P. The third-order valence-corrected chi connectivity index (χ3v) is 1.66. The molecule has 0 spiro atoms. The zero-order valence-corrected chi connectivity index (χ0v) is 7.81. The normalized spacial score (nSPS) is 11.3. The smallest absolute Gasteiger partial charge is 0.368 e. The predicted octanol–water partition coefficient (Wildman–Crippen LogP) is 0.510. The van der Waals surface area contributed by atoms with Crippen LogP contribution in [0.15, 0.2) is 12.3 Å². The van der Waals surface area contributed by atoms with Crippen molar-refractivity contribution in [3.63, 3.8) is 0 Å². The molecule has 0 aliphatic carbocycles. The summed E-state index contributed by atoms with van der Waals surface area (Å²) in [6.45, 7) is 1.86. The van der Waals surface area contributed by atoms with Crippen molar-refractivity contribution in [1.82, 2.24) is 9.97 Å². The Bertz CT molecular complexity index is 337. The van der Waals surface area contributed by atoms with E-state index in [2.05, 4.69) is 14.5 Å². The molecule has 0 aliphatic heterocycles. The van der Waals surface area contributed by atoms with Gasteiger partial charge in [-0.2, -0.15) is 4.98 Å². The highest BCUT2D eigenvalue weighted by Crippen LogP contribution is 2.35. The van der Waals surface area contributed by atoms with Crippen LogP contribution in [0.1, 0.15) is 12.6 Å². The quantitative estimate of drug-likeness (QED) is 0.697. The van der Waals surface area contributed by atoms with Crippen molar-refractivity contribution in [2.45, 2.75) is 13.3 Å². The molecule has 0 atom stereocenters. The fourth-order valence-corrected chi connectivity index (χ4v) is 1.02. The van der Waals surface area contributed by atoms with Gasteiger partial charge in [-0.3, -0.25) is 9.79 Å². The number of aromatic nitrogens is 2. The van der Waals surface area contributed by atoms with E-state index in [1.54, 1.807) is 6.07 Å². The van der Waals surface area contributed by atoms with Gasteiger partial charge in [0.2, 0.25) is 0 Å². The van der Waals surface area contributed by atoms with Gasteiger partial charge in [0.15, 0.2) is 0 Å². The van der Waals surface area contributed by atoms with Crippen LogP contribution >= 0.6 is 7.82 Å². The van der Waals surface area contributed by atoms with E-state index in [9.17, 15) is 4.57 Å². The molecule has 13 heavy (non-hydrogen) atoms. The summed E-state index contributed by atoms with van der Waals surface area (Å²) >= 11 is 0. The van der Waals surface area contributed by atoms with Gasteiger partial charge in [-0.1, -0.05) is 6.92 Å². The lowest BCUT2D eigenvalue weighted by atomic mass is 10.3. The summed E-state index contributed by atoms with van der Waals surface area (Å²) in [4.78, 5) is 24.2. The maximum absolute atomic E-state index is 10.4. The van der Waals surface area contributed by atoms with Crippen LogP contribution in [0.3, 0.4) is 0 Å². The molecule has 1 aromatic heterocycles. The second kappa shape index (κ2) is 3.83. The van der Waals surface area contributed by atoms with Crippen LogP contribution in [0.2, 0.25) is 0 Å². The van der Waals surface area contributed by atoms with Crippen LogP contribution < -0.4 is 4.52 Å². The summed E-state index contributed by atoms with van der Waals surface area (Å²) in [5, 5.41) is 0. The van der Waals surface area contributed by atoms with E-state index in [1.165, 1.54) is 6.20 Å². The van der Waals surface area contributed by atoms with Gasteiger partial charge in [-0.25, -0.2) is 9.55 Å². The summed E-state index contributed by atoms with van der Waals surface area (Å²) in [6.07, 6.45) is 2.04. The molecular weight excluding hydrogens is 195 g/mol. The minimum Gasteiger partial charge on any atom is -0.368 e. The van der Waals surface area contributed by atoms with Crippen molar-refractivity contribution < 1.29 is 18.9 Å². The standard InChI is InChI=1S/C6H9N2O4P/c1-2-5-3-4-7-6(8-5)12-13(9,10)11/h3-4H,2H2,1H3,(H2,9,10,11). The molecule has 6 nitrogen and oxygen atoms in total. The van der Waals surface area contributed by atoms with Gasteiger partial charge in [-0.15, -0.1) is 0 Å². The lowest BCUT2D eigenvalue weighted by molar-refractivity contribution is 0.275. The fraction of sp³-hybridized carbons (Fsp3) is 0.333. The molecule has 7 heteroatoms. The summed E-state index contributed by atoms with van der Waals surface area (Å²) in [6, 6.07) is 1.35. The highest BCUT2D eigenvalue weighted by Gasteiger charge is 2.17. The van der Waals surface area contributed by atoms with Crippen LogP contribution in [0, 0.1) is 0 Å². The van der Waals surface area contributed by atoms with Crippen LogP contribution in [0.4, 0.5) is 0 Å². The third kappa shape index (κ3) is 3.50. The molecule has 1 rings (SSSR count). The first-order valence-corrected chi connectivity index (χ1v) is 5.11. The molecule has 0 aromatic carbocycles. The van der Waals surface area contributed by atoms with E-state index in [1.807, 2.05) is 6.92 Å². The molecule has 0 bridgehead atoms. The first-order valence-electron chi connectivity index (χ1n) is 3.58. The monoisotopic (exact) mass is 204 g/mol. The van der Waals surface area contributed by atoms with Crippen LogP contribution in [0.25, 0.3) is 0 Å². The van der Waals surface area contributed by atoms with Crippen LogP contribution in [0.5, 0.6) is 6.01 Å². The van der Waals surface area contributed by atoms with E-state index in [-0.39, 0.29) is 6.01 Å². The Labute approximate surface area is 74.9 Å². The largest absolute Gasteiger partial charge is 0.527 e. The molecule has 0 amide bonds. The minimum absolute atomic E-state index is 0.298. The van der Waals surface area contributed by atoms with Crippen molar-refractivity contribution in [2.24, 2.45) is 0 Å². The highest BCUT2D eigenvalue weighted by molar-refractivity contribution is 7.46. The number of phosphoric ester groups is 1. The Morgan fingerprint density at radius 2 is 2.31 bits per heavy atom. The maximum Gasteiger partial charge on any atom is 0.527 e. The summed E-state index contributed by atoms with van der Waals surface area (Å²) in [7, 11) is -4.54. The molecule has 0 saturated heterocycles. The van der Waals surface area contributed by atoms with Gasteiger partial charge in [0.1, 0.15) is 0 Å². The second-order valence-corrected chi connectivity index (χ2v) is 3.43. The van der Waals surface area contributed by atoms with Crippen molar-refractivity contribution in [3.05, 3.63) is 18.0 Å². The number of hydrogen-bond acceptors (Lipinski definition) is 4. The first kappa shape index (κ1) is 10.1. The van der Waals surface area contributed by atoms with Gasteiger partial charge in [0.05, 0.1) is 0 Å². The van der Waals surface area contributed by atoms with E-state index in [4.69, 9.17) is 9.79 Å². The molecule has 0 fully saturated rings. The Morgan fingerprint density at radius 3 is 2.85 bits per heavy atom. The molecule has 1 heterocycles. The summed E-state index contributed by atoms with van der Waals surface area (Å²) in [5.41, 5.74) is 0.665. The van der Waals surface area contributed by atoms with Crippen LogP contribution in [-0.4, -0.2) is 19.8 Å². The van der Waals surface area contributed by atoms with Crippen molar-refractivity contribution in [2.75, 3.05) is 0 Å². The summed E-state index contributed by atoms with van der Waals surface area (Å²) < 4.78 is 14.6. The second-order valence-electron chi connectivity index (χ2n) is 2.27. The van der Waals surface area contributed by atoms with Crippen molar-refractivity contribution >= 4 is 7.82 Å². The average Bonchev–Trinajstić information content (AvgIpc) is 2.01. The molecule has 0 saturated carbocycles. The van der Waals surface area contributed by atoms with Gasteiger partial charge in [0, 0.05) is 11.9 Å². The van der Waals surface area contributed by atoms with E-state index < -0.39 is 7.82 Å². The number of rotatable bonds is 3. The highest BCUT2D eigenvalue weighted by atomic mass is 31.2. The minimum atomic E-state index is -4.54. The Hall–Kier alpha value is -0.970. The first-order chi connectivity index (χ1) is 6.01.